The van der Waals surface area contributed by atoms with Gasteiger partial charge in [-0.05, 0) is 55.4 Å². The SMILES string of the molecule is Cl.Nc1ccc(CCNC(=O)Cc2n[nH]c(=O)c3c2CCCC3)cc1. The van der Waals surface area contributed by atoms with Crippen molar-refractivity contribution in [2.45, 2.75) is 38.5 Å². The van der Waals surface area contributed by atoms with E-state index in [2.05, 4.69) is 15.5 Å². The fourth-order valence-electron chi connectivity index (χ4n) is 3.12. The molecule has 134 valence electrons. The Balaban J connectivity index is 0.00000225. The maximum atomic E-state index is 12.2. The van der Waals surface area contributed by atoms with Crippen LogP contribution in [0, 0.1) is 0 Å². The lowest BCUT2D eigenvalue weighted by Gasteiger charge is -2.17. The van der Waals surface area contributed by atoms with Gasteiger partial charge in [0.25, 0.3) is 5.56 Å². The highest BCUT2D eigenvalue weighted by atomic mass is 35.5. The number of hydrogen-bond donors (Lipinski definition) is 3. The van der Waals surface area contributed by atoms with Crippen molar-refractivity contribution in [3.63, 3.8) is 0 Å². The van der Waals surface area contributed by atoms with Gasteiger partial charge in [0.05, 0.1) is 12.1 Å². The van der Waals surface area contributed by atoms with Crippen LogP contribution in [0.5, 0.6) is 0 Å². The molecule has 0 bridgehead atoms. The number of nitrogens with zero attached hydrogens (tertiary/aromatic N) is 1. The van der Waals surface area contributed by atoms with Crippen LogP contribution in [-0.2, 0) is 30.5 Å². The summed E-state index contributed by atoms with van der Waals surface area (Å²) in [6.45, 7) is 0.564. The van der Waals surface area contributed by atoms with Crippen LogP contribution in [-0.4, -0.2) is 22.6 Å². The molecule has 1 aliphatic rings. The molecule has 1 aromatic carbocycles. The summed E-state index contributed by atoms with van der Waals surface area (Å²) >= 11 is 0. The molecule has 0 saturated heterocycles. The molecule has 1 amide bonds. The number of amides is 1. The van der Waals surface area contributed by atoms with Crippen molar-refractivity contribution in [2.75, 3.05) is 12.3 Å². The number of benzene rings is 1. The summed E-state index contributed by atoms with van der Waals surface area (Å²) in [5.41, 5.74) is 9.88. The maximum Gasteiger partial charge on any atom is 0.267 e. The Morgan fingerprint density at radius 1 is 1.16 bits per heavy atom. The average molecular weight is 363 g/mol. The van der Waals surface area contributed by atoms with E-state index in [1.54, 1.807) is 0 Å². The van der Waals surface area contributed by atoms with E-state index in [1.807, 2.05) is 24.3 Å². The molecule has 0 atom stereocenters. The number of hydrogen-bond acceptors (Lipinski definition) is 4. The smallest absolute Gasteiger partial charge is 0.267 e. The normalized spacial score (nSPS) is 12.8. The Morgan fingerprint density at radius 2 is 1.84 bits per heavy atom. The van der Waals surface area contributed by atoms with Gasteiger partial charge in [-0.1, -0.05) is 12.1 Å². The maximum absolute atomic E-state index is 12.2. The molecule has 7 heteroatoms. The van der Waals surface area contributed by atoms with Crippen LogP contribution >= 0.6 is 12.4 Å². The molecule has 1 heterocycles. The first-order valence-corrected chi connectivity index (χ1v) is 8.34. The van der Waals surface area contributed by atoms with Gasteiger partial charge in [-0.25, -0.2) is 5.10 Å². The largest absolute Gasteiger partial charge is 0.399 e. The topological polar surface area (TPSA) is 101 Å². The standard InChI is InChI=1S/C18H22N4O2.ClH/c19-13-7-5-12(6-8-13)9-10-20-17(23)11-16-14-3-1-2-4-15(14)18(24)22-21-16;/h5-8H,1-4,9-11,19H2,(H,20,23)(H,22,24);1H. The van der Waals surface area contributed by atoms with Gasteiger partial charge < -0.3 is 11.1 Å². The van der Waals surface area contributed by atoms with E-state index in [9.17, 15) is 9.59 Å². The minimum atomic E-state index is -0.114. The van der Waals surface area contributed by atoms with E-state index in [0.29, 0.717) is 12.2 Å². The van der Waals surface area contributed by atoms with Crippen molar-refractivity contribution in [2.24, 2.45) is 0 Å². The zero-order valence-electron chi connectivity index (χ0n) is 14.0. The lowest BCUT2D eigenvalue weighted by molar-refractivity contribution is -0.120. The van der Waals surface area contributed by atoms with Crippen LogP contribution in [0.15, 0.2) is 29.1 Å². The molecule has 6 nitrogen and oxygen atoms in total. The molecule has 2 aromatic rings. The van der Waals surface area contributed by atoms with Gasteiger partial charge in [0, 0.05) is 17.8 Å². The fraction of sp³-hybridized carbons (Fsp3) is 0.389. The first kappa shape index (κ1) is 19.0. The Kier molecular flexibility index (Phi) is 6.58. The Bertz CT molecular complexity index is 787. The van der Waals surface area contributed by atoms with Crippen molar-refractivity contribution < 1.29 is 4.79 Å². The van der Waals surface area contributed by atoms with E-state index >= 15 is 0 Å². The minimum absolute atomic E-state index is 0. The molecule has 1 aromatic heterocycles. The number of carbonyl (C=O) groups excluding carboxylic acids is 1. The fourth-order valence-corrected chi connectivity index (χ4v) is 3.12. The molecule has 4 N–H and O–H groups in total. The van der Waals surface area contributed by atoms with Crippen LogP contribution in [0.2, 0.25) is 0 Å². The summed E-state index contributed by atoms with van der Waals surface area (Å²) in [5, 5.41) is 9.53. The second kappa shape index (κ2) is 8.67. The Labute approximate surface area is 152 Å². The number of H-pyrrole nitrogens is 1. The monoisotopic (exact) mass is 362 g/mol. The number of nitrogens with two attached hydrogens (primary N) is 1. The van der Waals surface area contributed by atoms with Gasteiger partial charge in [-0.15, -0.1) is 12.4 Å². The van der Waals surface area contributed by atoms with Gasteiger partial charge in [-0.2, -0.15) is 5.10 Å². The second-order valence-electron chi connectivity index (χ2n) is 6.18. The molecular weight excluding hydrogens is 340 g/mol. The van der Waals surface area contributed by atoms with Crippen LogP contribution in [0.3, 0.4) is 0 Å². The molecule has 1 aliphatic carbocycles. The first-order chi connectivity index (χ1) is 11.6. The van der Waals surface area contributed by atoms with Crippen molar-refractivity contribution in [3.8, 4) is 0 Å². The molecule has 0 aliphatic heterocycles. The van der Waals surface area contributed by atoms with Crippen molar-refractivity contribution in [1.29, 1.82) is 0 Å². The highest BCUT2D eigenvalue weighted by Gasteiger charge is 2.19. The van der Waals surface area contributed by atoms with Crippen molar-refractivity contribution in [3.05, 3.63) is 57.0 Å². The number of carbonyl (C=O) groups is 1. The minimum Gasteiger partial charge on any atom is -0.399 e. The number of aromatic amines is 1. The average Bonchev–Trinajstić information content (AvgIpc) is 2.59. The first-order valence-electron chi connectivity index (χ1n) is 8.34. The predicted octanol–water partition coefficient (Wildman–Crippen LogP) is 1.55. The highest BCUT2D eigenvalue weighted by molar-refractivity contribution is 5.85. The zero-order chi connectivity index (χ0) is 16.9. The number of nitrogens with one attached hydrogen (secondary N) is 2. The summed E-state index contributed by atoms with van der Waals surface area (Å²) in [6, 6.07) is 7.63. The van der Waals surface area contributed by atoms with Gasteiger partial charge in [0.1, 0.15) is 0 Å². The number of anilines is 1. The molecule has 0 saturated carbocycles. The number of aromatic nitrogens is 2. The lowest BCUT2D eigenvalue weighted by atomic mass is 9.91. The molecule has 0 fully saturated rings. The van der Waals surface area contributed by atoms with E-state index in [-0.39, 0.29) is 30.3 Å². The molecule has 3 rings (SSSR count). The number of fused-ring (bicyclic) bond motifs is 1. The highest BCUT2D eigenvalue weighted by Crippen LogP contribution is 2.20. The molecule has 0 radical (unpaired) electrons. The number of halogens is 1. The third kappa shape index (κ3) is 4.82. The Morgan fingerprint density at radius 3 is 2.56 bits per heavy atom. The van der Waals surface area contributed by atoms with Crippen LogP contribution in [0.25, 0.3) is 0 Å². The summed E-state index contributed by atoms with van der Waals surface area (Å²) in [7, 11) is 0. The third-order valence-electron chi connectivity index (χ3n) is 4.43. The van der Waals surface area contributed by atoms with E-state index in [1.165, 1.54) is 0 Å². The van der Waals surface area contributed by atoms with E-state index < -0.39 is 0 Å². The van der Waals surface area contributed by atoms with E-state index in [0.717, 1.165) is 54.5 Å². The van der Waals surface area contributed by atoms with Gasteiger partial charge in [0.2, 0.25) is 5.91 Å². The van der Waals surface area contributed by atoms with Crippen molar-refractivity contribution in [1.82, 2.24) is 15.5 Å². The summed E-state index contributed by atoms with van der Waals surface area (Å²) in [6.07, 6.45) is 4.64. The third-order valence-corrected chi connectivity index (χ3v) is 4.43. The number of rotatable bonds is 5. The Hall–Kier alpha value is -2.34. The molecule has 0 unspecified atom stereocenters. The van der Waals surface area contributed by atoms with Crippen LogP contribution in [0.1, 0.15) is 35.2 Å². The molecule has 25 heavy (non-hydrogen) atoms. The summed E-state index contributed by atoms with van der Waals surface area (Å²) in [5.74, 6) is -0.0715. The molecular formula is C18H23ClN4O2. The molecule has 0 spiro atoms. The number of nitrogen functional groups attached to an aromatic ring is 1. The van der Waals surface area contributed by atoms with Gasteiger partial charge in [0.15, 0.2) is 0 Å². The second-order valence-corrected chi connectivity index (χ2v) is 6.18. The lowest BCUT2D eigenvalue weighted by Crippen LogP contribution is -2.30. The van der Waals surface area contributed by atoms with Crippen LogP contribution in [0.4, 0.5) is 5.69 Å². The summed E-state index contributed by atoms with van der Waals surface area (Å²) < 4.78 is 0. The summed E-state index contributed by atoms with van der Waals surface area (Å²) in [4.78, 5) is 24.0. The van der Waals surface area contributed by atoms with Gasteiger partial charge >= 0.3 is 0 Å². The predicted molar refractivity (Wildman–Crippen MR) is 100 cm³/mol. The van der Waals surface area contributed by atoms with Gasteiger partial charge in [-0.3, -0.25) is 9.59 Å². The zero-order valence-corrected chi connectivity index (χ0v) is 14.8. The van der Waals surface area contributed by atoms with E-state index in [4.69, 9.17) is 5.73 Å². The van der Waals surface area contributed by atoms with Crippen molar-refractivity contribution >= 4 is 24.0 Å². The van der Waals surface area contributed by atoms with Crippen LogP contribution < -0.4 is 16.6 Å². The quantitative estimate of drug-likeness (QED) is 0.702.